The number of carbonyl (C=O) groups is 1. The van der Waals surface area contributed by atoms with E-state index in [0.29, 0.717) is 23.2 Å². The molecule has 0 aliphatic rings. The Hall–Kier alpha value is -1.04. The highest BCUT2D eigenvalue weighted by molar-refractivity contribution is 7.99. The zero-order valence-corrected chi connectivity index (χ0v) is 12.3. The van der Waals surface area contributed by atoms with Gasteiger partial charge in [0.2, 0.25) is 11.8 Å². The van der Waals surface area contributed by atoms with E-state index < -0.39 is 0 Å². The summed E-state index contributed by atoms with van der Waals surface area (Å²) in [5.74, 6) is 2.33. The summed E-state index contributed by atoms with van der Waals surface area (Å²) >= 11 is 1.48. The van der Waals surface area contributed by atoms with E-state index in [1.165, 1.54) is 11.8 Å². The van der Waals surface area contributed by atoms with E-state index in [0.717, 1.165) is 13.0 Å². The summed E-state index contributed by atoms with van der Waals surface area (Å²) < 4.78 is 5.14. The summed E-state index contributed by atoms with van der Waals surface area (Å²) in [5.41, 5.74) is -0.106. The maximum Gasteiger partial charge on any atom is 0.236 e. The van der Waals surface area contributed by atoms with E-state index in [1.54, 1.807) is 0 Å². The van der Waals surface area contributed by atoms with Crippen molar-refractivity contribution in [2.24, 2.45) is 0 Å². The van der Waals surface area contributed by atoms with E-state index in [2.05, 4.69) is 15.5 Å². The average molecular weight is 271 g/mol. The summed E-state index contributed by atoms with van der Waals surface area (Å²) in [7, 11) is 0. The van der Waals surface area contributed by atoms with Crippen LogP contribution in [-0.2, 0) is 16.0 Å². The van der Waals surface area contributed by atoms with Crippen molar-refractivity contribution >= 4 is 17.7 Å². The van der Waals surface area contributed by atoms with Gasteiger partial charge in [0.25, 0.3) is 0 Å². The van der Waals surface area contributed by atoms with E-state index >= 15 is 0 Å². The second-order valence-corrected chi connectivity index (χ2v) is 6.09. The summed E-state index contributed by atoms with van der Waals surface area (Å²) in [6.07, 6.45) is 0.953. The van der Waals surface area contributed by atoms with Crippen molar-refractivity contribution in [3.63, 3.8) is 0 Å². The van der Waals surface area contributed by atoms with E-state index in [4.69, 9.17) is 4.52 Å². The number of thioether (sulfide) groups is 1. The molecular formula is C12H21N3O2S. The lowest BCUT2D eigenvalue weighted by Crippen LogP contribution is -2.25. The van der Waals surface area contributed by atoms with Gasteiger partial charge in [-0.1, -0.05) is 32.9 Å². The van der Waals surface area contributed by atoms with E-state index in [-0.39, 0.29) is 11.3 Å². The number of nitrogens with one attached hydrogen (secondary N) is 1. The lowest BCUT2D eigenvalue weighted by atomic mass is 9.96. The van der Waals surface area contributed by atoms with Crippen LogP contribution in [0.2, 0.25) is 0 Å². The molecular weight excluding hydrogens is 250 g/mol. The van der Waals surface area contributed by atoms with Gasteiger partial charge in [0.05, 0.1) is 11.5 Å². The molecule has 1 amide bonds. The Morgan fingerprint density at radius 2 is 2.17 bits per heavy atom. The minimum absolute atomic E-state index is 0.0532. The molecule has 1 rings (SSSR count). The van der Waals surface area contributed by atoms with Crippen LogP contribution in [-0.4, -0.2) is 28.3 Å². The fourth-order valence-corrected chi connectivity index (χ4v) is 1.85. The van der Waals surface area contributed by atoms with Crippen molar-refractivity contribution in [3.8, 4) is 0 Å². The SMILES string of the molecule is CCCNC(=O)CSCc1nc(C(C)(C)C)no1. The molecule has 0 aromatic carbocycles. The summed E-state index contributed by atoms with van der Waals surface area (Å²) in [4.78, 5) is 15.7. The van der Waals surface area contributed by atoms with Crippen molar-refractivity contribution in [1.29, 1.82) is 0 Å². The smallest absolute Gasteiger partial charge is 0.236 e. The van der Waals surface area contributed by atoms with Crippen molar-refractivity contribution in [3.05, 3.63) is 11.7 Å². The Morgan fingerprint density at radius 1 is 1.44 bits per heavy atom. The highest BCUT2D eigenvalue weighted by Gasteiger charge is 2.20. The highest BCUT2D eigenvalue weighted by Crippen LogP contribution is 2.20. The second kappa shape index (κ2) is 6.78. The van der Waals surface area contributed by atoms with E-state index in [9.17, 15) is 4.79 Å². The Labute approximate surface area is 112 Å². The van der Waals surface area contributed by atoms with Crippen LogP contribution in [0.25, 0.3) is 0 Å². The molecule has 0 saturated carbocycles. The topological polar surface area (TPSA) is 68.0 Å². The summed E-state index contributed by atoms with van der Waals surface area (Å²) in [6.45, 7) is 8.86. The Bertz CT molecular complexity index is 385. The van der Waals surface area contributed by atoms with Crippen LogP contribution in [0.3, 0.4) is 0 Å². The molecule has 0 radical (unpaired) electrons. The second-order valence-electron chi connectivity index (χ2n) is 5.10. The Morgan fingerprint density at radius 3 is 2.72 bits per heavy atom. The first-order valence-corrected chi connectivity index (χ1v) is 7.26. The largest absolute Gasteiger partial charge is 0.355 e. The van der Waals surface area contributed by atoms with Gasteiger partial charge in [0, 0.05) is 12.0 Å². The third-order valence-corrected chi connectivity index (χ3v) is 3.09. The molecule has 0 aliphatic carbocycles. The van der Waals surface area contributed by atoms with Gasteiger partial charge >= 0.3 is 0 Å². The predicted octanol–water partition coefficient (Wildman–Crippen LogP) is 2.13. The van der Waals surface area contributed by atoms with Gasteiger partial charge in [-0.2, -0.15) is 4.98 Å². The molecule has 6 heteroatoms. The molecule has 5 nitrogen and oxygen atoms in total. The van der Waals surface area contributed by atoms with Crippen LogP contribution < -0.4 is 5.32 Å². The first-order valence-electron chi connectivity index (χ1n) is 6.11. The molecule has 1 heterocycles. The molecule has 1 aromatic heterocycles. The van der Waals surface area contributed by atoms with Gasteiger partial charge in [-0.15, -0.1) is 11.8 Å². The summed E-state index contributed by atoms with van der Waals surface area (Å²) in [5, 5.41) is 6.76. The van der Waals surface area contributed by atoms with Gasteiger partial charge < -0.3 is 9.84 Å². The molecule has 0 bridgehead atoms. The van der Waals surface area contributed by atoms with Crippen LogP contribution in [0.1, 0.15) is 45.8 Å². The van der Waals surface area contributed by atoms with Crippen molar-refractivity contribution in [2.45, 2.75) is 45.3 Å². The first kappa shape index (κ1) is 15.0. The fraction of sp³-hybridized carbons (Fsp3) is 0.750. The fourth-order valence-electron chi connectivity index (χ4n) is 1.16. The van der Waals surface area contributed by atoms with Crippen molar-refractivity contribution in [2.75, 3.05) is 12.3 Å². The van der Waals surface area contributed by atoms with Gasteiger partial charge in [0.15, 0.2) is 5.82 Å². The van der Waals surface area contributed by atoms with Gasteiger partial charge in [-0.05, 0) is 6.42 Å². The molecule has 0 spiro atoms. The monoisotopic (exact) mass is 271 g/mol. The first-order chi connectivity index (χ1) is 8.43. The van der Waals surface area contributed by atoms with Crippen molar-refractivity contribution in [1.82, 2.24) is 15.5 Å². The van der Waals surface area contributed by atoms with Crippen LogP contribution in [0.15, 0.2) is 4.52 Å². The maximum atomic E-state index is 11.4. The molecule has 1 N–H and O–H groups in total. The quantitative estimate of drug-likeness (QED) is 0.858. The highest BCUT2D eigenvalue weighted by atomic mass is 32.2. The Balaban J connectivity index is 2.32. The zero-order chi connectivity index (χ0) is 13.6. The number of rotatable bonds is 6. The molecule has 18 heavy (non-hydrogen) atoms. The van der Waals surface area contributed by atoms with Gasteiger partial charge in [-0.25, -0.2) is 0 Å². The third kappa shape index (κ3) is 5.08. The van der Waals surface area contributed by atoms with Crippen LogP contribution in [0.4, 0.5) is 0 Å². The van der Waals surface area contributed by atoms with Crippen LogP contribution >= 0.6 is 11.8 Å². The average Bonchev–Trinajstić information content (AvgIpc) is 2.74. The minimum atomic E-state index is -0.106. The molecule has 0 saturated heterocycles. The molecule has 0 fully saturated rings. The van der Waals surface area contributed by atoms with Gasteiger partial charge in [-0.3, -0.25) is 4.79 Å². The number of hydrogen-bond acceptors (Lipinski definition) is 5. The minimum Gasteiger partial charge on any atom is -0.355 e. The van der Waals surface area contributed by atoms with Crippen LogP contribution in [0, 0.1) is 0 Å². The normalized spacial score (nSPS) is 11.6. The van der Waals surface area contributed by atoms with Gasteiger partial charge in [0.1, 0.15) is 0 Å². The molecule has 102 valence electrons. The zero-order valence-electron chi connectivity index (χ0n) is 11.4. The maximum absolute atomic E-state index is 11.4. The molecule has 0 atom stereocenters. The predicted molar refractivity (Wildman–Crippen MR) is 72.5 cm³/mol. The number of nitrogens with zero attached hydrogens (tertiary/aromatic N) is 2. The standard InChI is InChI=1S/C12H21N3O2S/c1-5-6-13-9(16)7-18-8-10-14-11(15-17-10)12(2,3)4/h5-8H2,1-4H3,(H,13,16). The number of aromatic nitrogens is 2. The number of amides is 1. The Kier molecular flexibility index (Phi) is 5.65. The van der Waals surface area contributed by atoms with E-state index in [1.807, 2.05) is 27.7 Å². The van der Waals surface area contributed by atoms with Crippen LogP contribution in [0.5, 0.6) is 0 Å². The van der Waals surface area contributed by atoms with Crippen molar-refractivity contribution < 1.29 is 9.32 Å². The molecule has 0 aliphatic heterocycles. The molecule has 0 unspecified atom stereocenters. The molecule has 1 aromatic rings. The lowest BCUT2D eigenvalue weighted by molar-refractivity contribution is -0.118. The summed E-state index contributed by atoms with van der Waals surface area (Å²) in [6, 6.07) is 0. The third-order valence-electron chi connectivity index (χ3n) is 2.17. The lowest BCUT2D eigenvalue weighted by Gasteiger charge is -2.10. The number of hydrogen-bond donors (Lipinski definition) is 1. The number of carbonyl (C=O) groups excluding carboxylic acids is 1.